The number of thiophene rings is 5. The van der Waals surface area contributed by atoms with Crippen LogP contribution < -0.4 is 36.8 Å². The molecular formula is C50H64N10O5S5Si2. The van der Waals surface area contributed by atoms with Crippen molar-refractivity contribution in [2.24, 2.45) is 35.2 Å². The maximum atomic E-state index is 12.4. The average Bonchev–Trinajstić information content (AvgIpc) is 4.15. The zero-order valence-corrected chi connectivity index (χ0v) is 50.9. The van der Waals surface area contributed by atoms with Gasteiger partial charge in [0.2, 0.25) is 0 Å². The van der Waals surface area contributed by atoms with Crippen LogP contribution in [0.3, 0.4) is 0 Å². The van der Waals surface area contributed by atoms with Crippen LogP contribution in [-0.2, 0) is 35.2 Å². The van der Waals surface area contributed by atoms with Crippen LogP contribution in [0.2, 0.25) is 39.3 Å². The lowest BCUT2D eigenvalue weighted by Crippen LogP contribution is -2.38. The Balaban J connectivity index is 0.000000148. The first-order chi connectivity index (χ1) is 33.4. The van der Waals surface area contributed by atoms with Crippen molar-refractivity contribution in [2.45, 2.75) is 102 Å². The van der Waals surface area contributed by atoms with Gasteiger partial charge in [-0.1, -0.05) is 39.3 Å². The van der Waals surface area contributed by atoms with E-state index in [2.05, 4.69) is 71.1 Å². The Morgan fingerprint density at radius 2 is 0.792 bits per heavy atom. The molecule has 22 heteroatoms. The number of hydrogen-bond donors (Lipinski definition) is 0. The van der Waals surface area contributed by atoms with Gasteiger partial charge >= 0.3 is 0 Å². The number of aryl methyl sites for hydroxylation is 9. The molecule has 0 atom stereocenters. The fourth-order valence-corrected chi connectivity index (χ4v) is 17.0. The molecule has 0 saturated heterocycles. The summed E-state index contributed by atoms with van der Waals surface area (Å²) in [5.41, 5.74) is 4.66. The minimum Gasteiger partial charge on any atom is -0.299 e. The maximum absolute atomic E-state index is 12.4. The van der Waals surface area contributed by atoms with Crippen LogP contribution in [0.1, 0.15) is 48.6 Å². The maximum Gasteiger partial charge on any atom is 0.262 e. The Labute approximate surface area is 439 Å². The minimum absolute atomic E-state index is 0.0405. The molecule has 0 N–H and O–H groups in total. The van der Waals surface area contributed by atoms with Crippen molar-refractivity contribution in [2.75, 3.05) is 0 Å². The fourth-order valence-electron chi connectivity index (χ4n) is 7.73. The topological polar surface area (TPSA) is 174 Å². The van der Waals surface area contributed by atoms with Crippen LogP contribution in [0.4, 0.5) is 0 Å². The zero-order chi connectivity index (χ0) is 53.8. The van der Waals surface area contributed by atoms with Gasteiger partial charge in [0.25, 0.3) is 27.8 Å². The molecule has 15 nitrogen and oxygen atoms in total. The van der Waals surface area contributed by atoms with Gasteiger partial charge in [-0.2, -0.15) is 11.3 Å². The van der Waals surface area contributed by atoms with Crippen molar-refractivity contribution in [3.8, 4) is 0 Å². The molecule has 0 aliphatic heterocycles. The Morgan fingerprint density at radius 1 is 0.375 bits per heavy atom. The van der Waals surface area contributed by atoms with E-state index in [1.54, 1.807) is 103 Å². The molecule has 10 aromatic heterocycles. The van der Waals surface area contributed by atoms with E-state index in [9.17, 15) is 24.0 Å². The summed E-state index contributed by atoms with van der Waals surface area (Å²) in [6.45, 7) is 30.9. The largest absolute Gasteiger partial charge is 0.299 e. The van der Waals surface area contributed by atoms with Crippen LogP contribution in [-0.4, -0.2) is 63.9 Å². The van der Waals surface area contributed by atoms with E-state index in [1.807, 2.05) is 76.9 Å². The van der Waals surface area contributed by atoms with E-state index < -0.39 is 16.1 Å². The molecule has 0 aromatic carbocycles. The van der Waals surface area contributed by atoms with Crippen LogP contribution in [0.25, 0.3) is 54.5 Å². The fraction of sp³-hybridized carbons (Fsp3) is 0.400. The molecule has 0 spiro atoms. The Morgan fingerprint density at radius 3 is 1.32 bits per heavy atom. The van der Waals surface area contributed by atoms with Crippen LogP contribution >= 0.6 is 56.7 Å². The number of aromatic nitrogens is 10. The molecule has 0 aliphatic carbocycles. The van der Waals surface area contributed by atoms with Gasteiger partial charge in [-0.3, -0.25) is 46.8 Å². The Hall–Kier alpha value is -5.37. The third-order valence-corrected chi connectivity index (χ3v) is 24.3. The van der Waals surface area contributed by atoms with Crippen molar-refractivity contribution in [3.05, 3.63) is 122 Å². The Bertz CT molecular complexity index is 4040. The molecule has 0 bridgehead atoms. The molecule has 0 radical (unpaired) electrons. The molecule has 10 aromatic rings. The summed E-state index contributed by atoms with van der Waals surface area (Å²) in [6.07, 6.45) is 0. The molecule has 10 heterocycles. The van der Waals surface area contributed by atoms with Crippen LogP contribution in [0.15, 0.2) is 45.5 Å². The van der Waals surface area contributed by atoms with Gasteiger partial charge < -0.3 is 0 Å². The highest BCUT2D eigenvalue weighted by atomic mass is 32.1. The summed E-state index contributed by atoms with van der Waals surface area (Å²) in [5, 5.41) is 11.5. The summed E-state index contributed by atoms with van der Waals surface area (Å²) in [6, 6.07) is 0. The van der Waals surface area contributed by atoms with Gasteiger partial charge in [-0.15, -0.1) is 45.3 Å². The molecule has 10 rings (SSSR count). The lowest BCUT2D eigenvalue weighted by molar-refractivity contribution is 0.792. The first kappa shape index (κ1) is 55.9. The van der Waals surface area contributed by atoms with Gasteiger partial charge in [0.15, 0.2) is 0 Å². The predicted octanol–water partition coefficient (Wildman–Crippen LogP) is 8.84. The van der Waals surface area contributed by atoms with Crippen molar-refractivity contribution >= 4 is 136 Å². The second kappa shape index (κ2) is 21.2. The first-order valence-electron chi connectivity index (χ1n) is 23.1. The summed E-state index contributed by atoms with van der Waals surface area (Å²) >= 11 is 8.16. The van der Waals surface area contributed by atoms with Crippen molar-refractivity contribution in [3.63, 3.8) is 0 Å². The van der Waals surface area contributed by atoms with Crippen molar-refractivity contribution < 1.29 is 0 Å². The van der Waals surface area contributed by atoms with E-state index >= 15 is 0 Å². The van der Waals surface area contributed by atoms with E-state index in [0.29, 0.717) is 5.39 Å². The first-order valence-corrected chi connectivity index (χ1v) is 34.4. The molecule has 0 saturated carbocycles. The van der Waals surface area contributed by atoms with Crippen LogP contribution in [0.5, 0.6) is 0 Å². The molecule has 72 heavy (non-hydrogen) atoms. The molecule has 0 aliphatic rings. The highest BCUT2D eigenvalue weighted by molar-refractivity contribution is 7.28. The lowest BCUT2D eigenvalue weighted by Gasteiger charge is -2.14. The van der Waals surface area contributed by atoms with Crippen LogP contribution in [0, 0.1) is 62.3 Å². The monoisotopic (exact) mass is 1100 g/mol. The molecular weight excluding hydrogens is 1040 g/mol. The number of fused-ring (bicyclic) bond motifs is 5. The normalized spacial score (nSPS) is 11.6. The summed E-state index contributed by atoms with van der Waals surface area (Å²) < 4.78 is 10.6. The van der Waals surface area contributed by atoms with Crippen molar-refractivity contribution in [1.82, 2.24) is 47.8 Å². The number of rotatable bonds is 2. The highest BCUT2D eigenvalue weighted by Gasteiger charge is 2.27. The zero-order valence-electron chi connectivity index (χ0n) is 44.9. The van der Waals surface area contributed by atoms with Crippen molar-refractivity contribution in [1.29, 1.82) is 0 Å². The van der Waals surface area contributed by atoms with E-state index in [4.69, 9.17) is 0 Å². The number of hydrogen-bond acceptors (Lipinski definition) is 15. The lowest BCUT2D eigenvalue weighted by atomic mass is 10.3. The summed E-state index contributed by atoms with van der Waals surface area (Å²) in [4.78, 5) is 86.3. The van der Waals surface area contributed by atoms with Gasteiger partial charge in [-0.25, -0.2) is 24.9 Å². The predicted molar refractivity (Wildman–Crippen MR) is 313 cm³/mol. The van der Waals surface area contributed by atoms with Gasteiger partial charge in [0.05, 0.1) is 70.7 Å². The van der Waals surface area contributed by atoms with E-state index in [1.165, 1.54) is 25.2 Å². The smallest absolute Gasteiger partial charge is 0.262 e. The van der Waals surface area contributed by atoms with E-state index in [-0.39, 0.29) is 27.8 Å². The minimum atomic E-state index is -1.48. The summed E-state index contributed by atoms with van der Waals surface area (Å²) in [7, 11) is 5.89. The number of nitrogens with zero attached hydrogens (tertiary/aromatic N) is 10. The SMILES string of the molecule is Cc1nc2csc([Si](C)(C)C)c2c(=O)n1C.Cc1nc2cscc2c(=O)n1C.Cc1sc(C)c2c(=O)n(C)c(C)nc12.Cc1sc([Si](C)(C)C)c2c(=O)n(C)c(C)nc12.Cc1scc2c(=O)n(C)c(C)nc12. The van der Waals surface area contributed by atoms with E-state index in [0.717, 1.165) is 92.9 Å². The van der Waals surface area contributed by atoms with Gasteiger partial charge in [-0.05, 0) is 62.3 Å². The van der Waals surface area contributed by atoms with Gasteiger partial charge in [0.1, 0.15) is 29.1 Å². The molecule has 0 amide bonds. The van der Waals surface area contributed by atoms with Gasteiger partial charge in [0, 0.05) is 85.3 Å². The molecule has 0 unspecified atom stereocenters. The molecule has 0 fully saturated rings. The second-order valence-electron chi connectivity index (χ2n) is 19.8. The summed E-state index contributed by atoms with van der Waals surface area (Å²) in [5.74, 6) is 3.84. The second-order valence-corrected chi connectivity index (χ2v) is 35.9. The third kappa shape index (κ3) is 10.9. The Kier molecular flexibility index (Phi) is 16.5. The quantitative estimate of drug-likeness (QED) is 0.152. The molecule has 382 valence electrons. The highest BCUT2D eigenvalue weighted by Crippen LogP contribution is 2.26. The average molecular weight is 1100 g/mol. The third-order valence-electron chi connectivity index (χ3n) is 12.4. The standard InChI is InChI=1S/C12H18N2OSSi.C11H16N2OSSi.C10H12N2OS.C9H10N2OS.C8H8N2OS/c1-7-10-9(12(16-7)17(4,5)6)11(15)14(3)8(2)13-10;1-7-12-8-6-15-11(16(3,4)5)9(8)10(14)13(7)2;1-5-8-9(6(2)14-5)11-7(3)12(4)10(8)13;1-5-8-7(4-13-5)9(12)11(3)6(2)10-8;1-5-9-7-4-12-3-6(7)8(11)10(5)2/h1-6H3;6H,1-5H3;1-4H3;4H,1-3H3;3-4H,1-2H3.